The van der Waals surface area contributed by atoms with Crippen LogP contribution in [0.25, 0.3) is 0 Å². The molecule has 3 rings (SSSR count). The van der Waals surface area contributed by atoms with E-state index in [-0.39, 0.29) is 5.91 Å². The number of amides is 1. The first-order chi connectivity index (χ1) is 12.6. The van der Waals surface area contributed by atoms with Crippen molar-refractivity contribution in [3.8, 4) is 0 Å². The summed E-state index contributed by atoms with van der Waals surface area (Å²) in [4.78, 5) is 17.9. The van der Waals surface area contributed by atoms with Crippen LogP contribution in [0.15, 0.2) is 48.8 Å². The highest BCUT2D eigenvalue weighted by molar-refractivity contribution is 5.88. The van der Waals surface area contributed by atoms with Crippen LogP contribution in [0.3, 0.4) is 0 Å². The van der Waals surface area contributed by atoms with Crippen LogP contribution in [0.4, 0.5) is 5.69 Å². The summed E-state index contributed by atoms with van der Waals surface area (Å²) in [6.45, 7) is 3.33. The first kappa shape index (κ1) is 18.5. The van der Waals surface area contributed by atoms with E-state index in [4.69, 9.17) is 5.73 Å². The first-order valence-electron chi connectivity index (χ1n) is 9.35. The van der Waals surface area contributed by atoms with Gasteiger partial charge in [-0.25, -0.2) is 0 Å². The Labute approximate surface area is 155 Å². The number of hydrogen-bond acceptors (Lipinski definition) is 4. The Hall–Kier alpha value is -2.24. The van der Waals surface area contributed by atoms with Crippen LogP contribution < -0.4 is 11.1 Å². The molecule has 1 fully saturated rings. The van der Waals surface area contributed by atoms with E-state index in [9.17, 15) is 4.79 Å². The second-order valence-corrected chi connectivity index (χ2v) is 7.21. The summed E-state index contributed by atoms with van der Waals surface area (Å²) >= 11 is 0. The van der Waals surface area contributed by atoms with Gasteiger partial charge in [0.05, 0.1) is 0 Å². The van der Waals surface area contributed by atoms with Gasteiger partial charge in [-0.3, -0.25) is 14.7 Å². The Morgan fingerprint density at radius 1 is 1.04 bits per heavy atom. The molecule has 3 N–H and O–H groups in total. The number of hydrogen-bond donors (Lipinski definition) is 2. The summed E-state index contributed by atoms with van der Waals surface area (Å²) in [6, 6.07) is 13.2. The monoisotopic (exact) mass is 352 g/mol. The molecule has 26 heavy (non-hydrogen) atoms. The van der Waals surface area contributed by atoms with Gasteiger partial charge >= 0.3 is 0 Å². The normalized spacial score (nSPS) is 20.1. The summed E-state index contributed by atoms with van der Waals surface area (Å²) in [6.07, 6.45) is 8.20. The van der Waals surface area contributed by atoms with Crippen molar-refractivity contribution in [3.05, 3.63) is 59.9 Å². The molecule has 5 heteroatoms. The van der Waals surface area contributed by atoms with Crippen molar-refractivity contribution in [2.75, 3.05) is 5.32 Å². The minimum absolute atomic E-state index is 0.0457. The lowest BCUT2D eigenvalue weighted by Crippen LogP contribution is -2.40. The van der Waals surface area contributed by atoms with Crippen LogP contribution in [0.5, 0.6) is 0 Å². The van der Waals surface area contributed by atoms with Crippen molar-refractivity contribution in [1.82, 2.24) is 9.88 Å². The topological polar surface area (TPSA) is 71.2 Å². The Morgan fingerprint density at radius 3 is 2.19 bits per heavy atom. The zero-order valence-electron chi connectivity index (χ0n) is 15.4. The van der Waals surface area contributed by atoms with Gasteiger partial charge in [-0.05, 0) is 61.1 Å². The second kappa shape index (κ2) is 8.92. The van der Waals surface area contributed by atoms with E-state index in [0.29, 0.717) is 12.1 Å². The quantitative estimate of drug-likeness (QED) is 0.837. The van der Waals surface area contributed by atoms with Crippen molar-refractivity contribution >= 4 is 11.6 Å². The van der Waals surface area contributed by atoms with Gasteiger partial charge in [-0.1, -0.05) is 12.1 Å². The largest absolute Gasteiger partial charge is 0.328 e. The Bertz CT molecular complexity index is 694. The smallest absolute Gasteiger partial charge is 0.221 e. The summed E-state index contributed by atoms with van der Waals surface area (Å²) in [5.74, 6) is -0.0457. The van der Waals surface area contributed by atoms with Gasteiger partial charge < -0.3 is 11.1 Å². The summed E-state index contributed by atoms with van der Waals surface area (Å²) < 4.78 is 0. The van der Waals surface area contributed by atoms with Gasteiger partial charge in [-0.15, -0.1) is 0 Å². The molecule has 1 saturated carbocycles. The fraction of sp³-hybridized carbons (Fsp3) is 0.429. The molecule has 0 aliphatic heterocycles. The van der Waals surface area contributed by atoms with Gasteiger partial charge in [0, 0.05) is 50.2 Å². The lowest BCUT2D eigenvalue weighted by molar-refractivity contribution is -0.114. The van der Waals surface area contributed by atoms with Crippen molar-refractivity contribution < 1.29 is 4.79 Å². The van der Waals surface area contributed by atoms with E-state index in [2.05, 4.69) is 39.5 Å². The number of nitrogens with two attached hydrogens (primary N) is 1. The number of nitrogens with zero attached hydrogens (tertiary/aromatic N) is 2. The van der Waals surface area contributed by atoms with Crippen molar-refractivity contribution in [2.24, 2.45) is 5.73 Å². The molecule has 2 aromatic rings. The highest BCUT2D eigenvalue weighted by atomic mass is 16.1. The fourth-order valence-corrected chi connectivity index (χ4v) is 3.63. The highest BCUT2D eigenvalue weighted by Crippen LogP contribution is 2.25. The molecule has 1 aromatic heterocycles. The third kappa shape index (κ3) is 5.38. The number of pyridine rings is 1. The van der Waals surface area contributed by atoms with Gasteiger partial charge in [0.2, 0.25) is 5.91 Å². The predicted octanol–water partition coefficient (Wildman–Crippen LogP) is 3.31. The standard InChI is InChI=1S/C21H28N4O/c1-16(26)24-20-6-2-17(3-7-20)14-25(15-18-10-12-23-13-11-18)21-8-4-19(22)5-9-21/h2-3,6-7,10-13,19,21H,4-5,8-9,14-15,22H2,1H3,(H,24,26). The number of nitrogens with one attached hydrogen (secondary N) is 1. The van der Waals surface area contributed by atoms with E-state index < -0.39 is 0 Å². The summed E-state index contributed by atoms with van der Waals surface area (Å²) in [5.41, 5.74) is 9.47. The maximum Gasteiger partial charge on any atom is 0.221 e. The fourth-order valence-electron chi connectivity index (χ4n) is 3.63. The Morgan fingerprint density at radius 2 is 1.62 bits per heavy atom. The maximum atomic E-state index is 11.2. The molecule has 1 aliphatic carbocycles. The minimum atomic E-state index is -0.0457. The Balaban J connectivity index is 1.71. The number of benzene rings is 1. The average molecular weight is 352 g/mol. The SMILES string of the molecule is CC(=O)Nc1ccc(CN(Cc2ccncc2)C2CCC(N)CC2)cc1. The zero-order chi connectivity index (χ0) is 18.4. The third-order valence-electron chi connectivity index (χ3n) is 5.05. The van der Waals surface area contributed by atoms with Crippen molar-refractivity contribution in [3.63, 3.8) is 0 Å². The number of aromatic nitrogens is 1. The van der Waals surface area contributed by atoms with Crippen LogP contribution in [0.1, 0.15) is 43.7 Å². The molecule has 1 aromatic carbocycles. The maximum absolute atomic E-state index is 11.2. The van der Waals surface area contributed by atoms with E-state index in [0.717, 1.165) is 44.5 Å². The molecule has 1 aliphatic rings. The van der Waals surface area contributed by atoms with Crippen LogP contribution >= 0.6 is 0 Å². The molecule has 0 atom stereocenters. The van der Waals surface area contributed by atoms with E-state index in [1.54, 1.807) is 0 Å². The lowest BCUT2D eigenvalue weighted by atomic mass is 9.90. The van der Waals surface area contributed by atoms with Crippen molar-refractivity contribution in [2.45, 2.75) is 57.8 Å². The second-order valence-electron chi connectivity index (χ2n) is 7.21. The summed E-state index contributed by atoms with van der Waals surface area (Å²) in [5, 5.41) is 2.82. The van der Waals surface area contributed by atoms with E-state index >= 15 is 0 Å². The molecule has 0 bridgehead atoms. The molecule has 1 amide bonds. The molecule has 0 spiro atoms. The van der Waals surface area contributed by atoms with Gasteiger partial charge in [-0.2, -0.15) is 0 Å². The number of carbonyl (C=O) groups is 1. The summed E-state index contributed by atoms with van der Waals surface area (Å²) in [7, 11) is 0. The predicted molar refractivity (Wildman–Crippen MR) is 104 cm³/mol. The first-order valence-corrected chi connectivity index (χ1v) is 9.35. The molecule has 0 saturated heterocycles. The lowest BCUT2D eigenvalue weighted by Gasteiger charge is -2.36. The van der Waals surface area contributed by atoms with Crippen LogP contribution in [-0.4, -0.2) is 27.9 Å². The highest BCUT2D eigenvalue weighted by Gasteiger charge is 2.24. The molecule has 1 heterocycles. The Kier molecular flexibility index (Phi) is 6.36. The molecule has 5 nitrogen and oxygen atoms in total. The van der Waals surface area contributed by atoms with Gasteiger partial charge in [0.1, 0.15) is 0 Å². The van der Waals surface area contributed by atoms with Crippen molar-refractivity contribution in [1.29, 1.82) is 0 Å². The van der Waals surface area contributed by atoms with Crippen LogP contribution in [0.2, 0.25) is 0 Å². The molecule has 0 radical (unpaired) electrons. The van der Waals surface area contributed by atoms with Gasteiger partial charge in [0.15, 0.2) is 0 Å². The van der Waals surface area contributed by atoms with E-state index in [1.807, 2.05) is 24.5 Å². The number of carbonyl (C=O) groups excluding carboxylic acids is 1. The number of anilines is 1. The molecule has 0 unspecified atom stereocenters. The molecule has 138 valence electrons. The van der Waals surface area contributed by atoms with Crippen LogP contribution in [-0.2, 0) is 17.9 Å². The zero-order valence-corrected chi connectivity index (χ0v) is 15.4. The minimum Gasteiger partial charge on any atom is -0.328 e. The van der Waals surface area contributed by atoms with Crippen LogP contribution in [0, 0.1) is 0 Å². The molecular weight excluding hydrogens is 324 g/mol. The third-order valence-corrected chi connectivity index (χ3v) is 5.05. The van der Waals surface area contributed by atoms with Gasteiger partial charge in [0.25, 0.3) is 0 Å². The van der Waals surface area contributed by atoms with E-state index in [1.165, 1.54) is 18.1 Å². The molecular formula is C21H28N4O. The number of rotatable bonds is 6. The average Bonchev–Trinajstić information content (AvgIpc) is 2.64.